The van der Waals surface area contributed by atoms with E-state index in [1.165, 1.54) is 6.07 Å². The van der Waals surface area contributed by atoms with Crippen LogP contribution in [0.15, 0.2) is 17.2 Å². The number of hydrogen-bond donors (Lipinski definition) is 0. The van der Waals surface area contributed by atoms with Gasteiger partial charge >= 0.3 is 0 Å². The average Bonchev–Trinajstić information content (AvgIpc) is 2.15. The molecule has 0 saturated heterocycles. The van der Waals surface area contributed by atoms with Crippen LogP contribution in [0.1, 0.15) is 17.7 Å². The molecule has 1 aromatic rings. The second kappa shape index (κ2) is 4.08. The molecule has 0 N–H and O–H groups in total. The number of rotatable bonds is 2. The van der Waals surface area contributed by atoms with E-state index >= 15 is 0 Å². The summed E-state index contributed by atoms with van der Waals surface area (Å²) in [4.78, 5) is 2.58. The van der Waals surface area contributed by atoms with E-state index in [1.54, 1.807) is 0 Å². The Kier molecular flexibility index (Phi) is 3.21. The molecule has 0 aromatic carbocycles. The van der Waals surface area contributed by atoms with Gasteiger partial charge in [-0.05, 0) is 6.07 Å². The predicted octanol–water partition coefficient (Wildman–Crippen LogP) is 1.82. The molecule has 0 atom stereocenters. The summed E-state index contributed by atoms with van der Waals surface area (Å²) >= 11 is 0. The summed E-state index contributed by atoms with van der Waals surface area (Å²) in [5, 5.41) is 8.49. The Balaban J connectivity index is 3.48. The van der Waals surface area contributed by atoms with Crippen LogP contribution in [0, 0.1) is 11.3 Å². The molecule has 1 rings (SSSR count). The van der Waals surface area contributed by atoms with E-state index in [0.717, 1.165) is 6.20 Å². The second-order valence-corrected chi connectivity index (χ2v) is 5.00. The zero-order valence-electron chi connectivity index (χ0n) is 6.99. The van der Waals surface area contributed by atoms with Gasteiger partial charge in [0.25, 0.3) is 15.5 Å². The summed E-state index contributed by atoms with van der Waals surface area (Å²) in [6.45, 7) is 0. The molecule has 0 aliphatic rings. The fraction of sp³-hybridized carbons (Fsp3) is 0.143. The predicted molar refractivity (Wildman–Crippen MR) is 46.9 cm³/mol. The normalized spacial score (nSPS) is 11.4. The van der Waals surface area contributed by atoms with Crippen molar-refractivity contribution < 1.29 is 17.2 Å². The van der Waals surface area contributed by atoms with Crippen molar-refractivity contribution in [2.45, 2.75) is 11.3 Å². The molecular formula is C7H3ClF2N2O2S. The summed E-state index contributed by atoms with van der Waals surface area (Å²) in [7, 11) is 0.708. The molecule has 1 heterocycles. The van der Waals surface area contributed by atoms with Gasteiger partial charge in [-0.25, -0.2) is 22.2 Å². The molecule has 0 fully saturated rings. The van der Waals surface area contributed by atoms with Crippen LogP contribution in [-0.4, -0.2) is 13.4 Å². The Morgan fingerprint density at radius 2 is 2.13 bits per heavy atom. The Morgan fingerprint density at radius 3 is 2.53 bits per heavy atom. The molecule has 0 aliphatic heterocycles. The first-order chi connectivity index (χ1) is 6.86. The quantitative estimate of drug-likeness (QED) is 0.753. The Morgan fingerprint density at radius 1 is 1.53 bits per heavy atom. The highest BCUT2D eigenvalue weighted by Gasteiger charge is 2.20. The summed E-state index contributed by atoms with van der Waals surface area (Å²) in [5.41, 5.74) is -1.11. The van der Waals surface area contributed by atoms with Crippen molar-refractivity contribution >= 4 is 19.7 Å². The van der Waals surface area contributed by atoms with Gasteiger partial charge in [0, 0.05) is 22.4 Å². The van der Waals surface area contributed by atoms with Crippen molar-refractivity contribution in [3.63, 3.8) is 0 Å². The minimum atomic E-state index is -4.25. The average molecular weight is 253 g/mol. The first-order valence-electron chi connectivity index (χ1n) is 3.49. The summed E-state index contributed by atoms with van der Waals surface area (Å²) in [6.07, 6.45) is -2.14. The number of nitrogens with zero attached hydrogens (tertiary/aromatic N) is 2. The molecular weight excluding hydrogens is 250 g/mol. The molecule has 80 valence electrons. The van der Waals surface area contributed by atoms with Crippen LogP contribution in [-0.2, 0) is 9.05 Å². The molecule has 1 aromatic heterocycles. The highest BCUT2D eigenvalue weighted by atomic mass is 35.7. The van der Waals surface area contributed by atoms with Crippen LogP contribution >= 0.6 is 10.7 Å². The standard InChI is InChI=1S/C7H3ClF2N2O2S/c8-15(13,14)6-1-4(7(9)10)3-12-5(6)2-11/h1,3,7H. The van der Waals surface area contributed by atoms with Crippen molar-refractivity contribution in [1.29, 1.82) is 5.26 Å². The van der Waals surface area contributed by atoms with E-state index in [0.29, 0.717) is 6.07 Å². The van der Waals surface area contributed by atoms with Crippen molar-refractivity contribution in [1.82, 2.24) is 4.98 Å². The minimum Gasteiger partial charge on any atom is -0.244 e. The van der Waals surface area contributed by atoms with Gasteiger partial charge in [-0.2, -0.15) is 5.26 Å². The first kappa shape index (κ1) is 11.8. The van der Waals surface area contributed by atoms with Gasteiger partial charge in [-0.15, -0.1) is 0 Å². The minimum absolute atomic E-state index is 0.505. The zero-order valence-corrected chi connectivity index (χ0v) is 8.56. The number of hydrogen-bond acceptors (Lipinski definition) is 4. The fourth-order valence-corrected chi connectivity index (χ4v) is 1.81. The highest BCUT2D eigenvalue weighted by molar-refractivity contribution is 8.13. The molecule has 0 aliphatic carbocycles. The van der Waals surface area contributed by atoms with Crippen molar-refractivity contribution in [3.05, 3.63) is 23.5 Å². The maximum atomic E-state index is 12.2. The first-order valence-corrected chi connectivity index (χ1v) is 5.80. The molecule has 4 nitrogen and oxygen atoms in total. The third-order valence-corrected chi connectivity index (χ3v) is 2.83. The zero-order chi connectivity index (χ0) is 11.6. The van der Waals surface area contributed by atoms with Crippen molar-refractivity contribution in [2.75, 3.05) is 0 Å². The molecule has 0 radical (unpaired) electrons. The van der Waals surface area contributed by atoms with Crippen LogP contribution in [0.25, 0.3) is 0 Å². The lowest BCUT2D eigenvalue weighted by molar-refractivity contribution is 0.150. The number of halogens is 3. The lowest BCUT2D eigenvalue weighted by atomic mass is 10.2. The van der Waals surface area contributed by atoms with Gasteiger partial charge in [-0.3, -0.25) is 0 Å². The van der Waals surface area contributed by atoms with Crippen LogP contribution in [0.4, 0.5) is 8.78 Å². The second-order valence-electron chi connectivity index (χ2n) is 2.47. The highest BCUT2D eigenvalue weighted by Crippen LogP contribution is 2.24. The van der Waals surface area contributed by atoms with Gasteiger partial charge < -0.3 is 0 Å². The van der Waals surface area contributed by atoms with Crippen LogP contribution in [0.5, 0.6) is 0 Å². The summed E-state index contributed by atoms with van der Waals surface area (Å²) in [5.74, 6) is 0. The third kappa shape index (κ3) is 2.61. The van der Waals surface area contributed by atoms with Crippen LogP contribution in [0.3, 0.4) is 0 Å². The third-order valence-electron chi connectivity index (χ3n) is 1.49. The SMILES string of the molecule is N#Cc1ncc(C(F)F)cc1S(=O)(=O)Cl. The van der Waals surface area contributed by atoms with E-state index in [2.05, 4.69) is 4.98 Å². The molecule has 0 unspecified atom stereocenters. The smallest absolute Gasteiger partial charge is 0.244 e. The van der Waals surface area contributed by atoms with Crippen LogP contribution in [0.2, 0.25) is 0 Å². The molecule has 0 bridgehead atoms. The van der Waals surface area contributed by atoms with Crippen molar-refractivity contribution in [2.24, 2.45) is 0 Å². The van der Waals surface area contributed by atoms with Gasteiger partial charge in [0.05, 0.1) is 0 Å². The fourth-order valence-electron chi connectivity index (χ4n) is 0.849. The molecule has 8 heteroatoms. The van der Waals surface area contributed by atoms with E-state index in [1.807, 2.05) is 0 Å². The lowest BCUT2D eigenvalue weighted by Crippen LogP contribution is -2.00. The van der Waals surface area contributed by atoms with Crippen LogP contribution < -0.4 is 0 Å². The van der Waals surface area contributed by atoms with Gasteiger partial charge in [0.15, 0.2) is 5.69 Å². The maximum absolute atomic E-state index is 12.2. The topological polar surface area (TPSA) is 70.8 Å². The number of pyridine rings is 1. The largest absolute Gasteiger partial charge is 0.265 e. The summed E-state index contributed by atoms with van der Waals surface area (Å²) in [6, 6.07) is 2.09. The molecule has 0 spiro atoms. The Hall–Kier alpha value is -1.26. The number of alkyl halides is 2. The molecule has 15 heavy (non-hydrogen) atoms. The van der Waals surface area contributed by atoms with Crippen molar-refractivity contribution in [3.8, 4) is 6.07 Å². The Bertz CT molecular complexity index is 524. The van der Waals surface area contributed by atoms with E-state index in [-0.39, 0.29) is 0 Å². The van der Waals surface area contributed by atoms with Gasteiger partial charge in [-0.1, -0.05) is 0 Å². The van der Waals surface area contributed by atoms with E-state index < -0.39 is 31.6 Å². The Labute approximate surface area is 88.5 Å². The maximum Gasteiger partial charge on any atom is 0.265 e. The van der Waals surface area contributed by atoms with E-state index in [4.69, 9.17) is 15.9 Å². The molecule has 0 amide bonds. The lowest BCUT2D eigenvalue weighted by Gasteiger charge is -2.02. The van der Waals surface area contributed by atoms with Gasteiger partial charge in [0.1, 0.15) is 11.0 Å². The molecule has 0 saturated carbocycles. The monoisotopic (exact) mass is 252 g/mol. The summed E-state index contributed by atoms with van der Waals surface area (Å²) < 4.78 is 46.3. The van der Waals surface area contributed by atoms with Gasteiger partial charge in [0.2, 0.25) is 0 Å². The number of aromatic nitrogens is 1. The number of nitriles is 1. The van der Waals surface area contributed by atoms with E-state index in [9.17, 15) is 17.2 Å².